The molecule has 0 saturated carbocycles. The molecule has 1 N–H and O–H groups in total. The highest BCUT2D eigenvalue weighted by Crippen LogP contribution is 2.02. The molecular weight excluding hydrogens is 208 g/mol. The van der Waals surface area contributed by atoms with E-state index in [-0.39, 0.29) is 17.9 Å². The van der Waals surface area contributed by atoms with Crippen molar-refractivity contribution >= 4 is 18.1 Å². The first-order valence-corrected chi connectivity index (χ1v) is 4.86. The van der Waals surface area contributed by atoms with E-state index in [4.69, 9.17) is 0 Å². The van der Waals surface area contributed by atoms with Crippen molar-refractivity contribution in [2.45, 2.75) is 33.2 Å². The van der Waals surface area contributed by atoms with Crippen LogP contribution in [0.1, 0.15) is 33.3 Å². The van der Waals surface area contributed by atoms with Gasteiger partial charge in [0.25, 0.3) is 0 Å². The number of hydrogen-bond donors (Lipinski definition) is 1. The Morgan fingerprint density at radius 1 is 1.13 bits per heavy atom. The minimum absolute atomic E-state index is 0. The topological polar surface area (TPSA) is 24.4 Å². The monoisotopic (exact) mass is 226 g/mol. The summed E-state index contributed by atoms with van der Waals surface area (Å²) >= 11 is 0. The van der Waals surface area contributed by atoms with Gasteiger partial charge in [-0.1, -0.05) is 30.3 Å². The van der Waals surface area contributed by atoms with Gasteiger partial charge in [-0.25, -0.2) is 0 Å². The maximum absolute atomic E-state index is 4.33. The van der Waals surface area contributed by atoms with Crippen LogP contribution in [-0.4, -0.2) is 11.3 Å². The number of hydrazone groups is 1. The zero-order valence-corrected chi connectivity index (χ0v) is 10.6. The van der Waals surface area contributed by atoms with Crippen molar-refractivity contribution in [1.29, 1.82) is 0 Å². The molecule has 0 fully saturated rings. The Bertz CT molecular complexity index is 312. The van der Waals surface area contributed by atoms with E-state index in [0.29, 0.717) is 0 Å². The summed E-state index contributed by atoms with van der Waals surface area (Å²) in [7, 11) is 0. The Kier molecular flexibility index (Phi) is 5.37. The molecule has 15 heavy (non-hydrogen) atoms. The molecule has 0 unspecified atom stereocenters. The van der Waals surface area contributed by atoms with Crippen molar-refractivity contribution in [3.05, 3.63) is 35.9 Å². The first-order chi connectivity index (χ1) is 6.49. The summed E-state index contributed by atoms with van der Waals surface area (Å²) in [5.74, 6) is 0. The van der Waals surface area contributed by atoms with Crippen LogP contribution in [0.4, 0.5) is 0 Å². The van der Waals surface area contributed by atoms with E-state index in [0.717, 1.165) is 11.3 Å². The lowest BCUT2D eigenvalue weighted by molar-refractivity contribution is 0.441. The number of nitrogens with zero attached hydrogens (tertiary/aromatic N) is 1. The second-order valence-corrected chi connectivity index (χ2v) is 4.43. The molecule has 0 aromatic heterocycles. The van der Waals surface area contributed by atoms with E-state index >= 15 is 0 Å². The molecule has 2 nitrogen and oxygen atoms in total. The number of halogens is 1. The van der Waals surface area contributed by atoms with E-state index < -0.39 is 0 Å². The van der Waals surface area contributed by atoms with Gasteiger partial charge in [-0.2, -0.15) is 5.10 Å². The highest BCUT2D eigenvalue weighted by molar-refractivity contribution is 5.98. The van der Waals surface area contributed by atoms with Gasteiger partial charge in [0.15, 0.2) is 0 Å². The first kappa shape index (κ1) is 14.0. The fourth-order valence-corrected chi connectivity index (χ4v) is 0.995. The van der Waals surface area contributed by atoms with Gasteiger partial charge in [-0.15, -0.1) is 12.4 Å². The summed E-state index contributed by atoms with van der Waals surface area (Å²) in [6.45, 7) is 8.28. The lowest BCUT2D eigenvalue weighted by Gasteiger charge is -2.18. The number of benzene rings is 1. The number of nitrogens with one attached hydrogen (secondary N) is 1. The summed E-state index contributed by atoms with van der Waals surface area (Å²) in [6, 6.07) is 10.2. The van der Waals surface area contributed by atoms with Crippen LogP contribution < -0.4 is 5.43 Å². The summed E-state index contributed by atoms with van der Waals surface area (Å²) in [5.41, 5.74) is 5.30. The van der Waals surface area contributed by atoms with Crippen LogP contribution in [0, 0.1) is 0 Å². The molecule has 0 aliphatic rings. The fourth-order valence-electron chi connectivity index (χ4n) is 0.995. The molecule has 0 atom stereocenters. The minimum atomic E-state index is 0. The SMILES string of the molecule is C/C(=N\NC(C)(C)C)c1ccccc1.Cl. The van der Waals surface area contributed by atoms with Crippen LogP contribution in [0.15, 0.2) is 35.4 Å². The Hall–Kier alpha value is -1.02. The third-order valence-corrected chi connectivity index (χ3v) is 1.75. The van der Waals surface area contributed by atoms with Crippen LogP contribution >= 0.6 is 12.4 Å². The predicted octanol–water partition coefficient (Wildman–Crippen LogP) is 3.22. The molecule has 1 aromatic carbocycles. The highest BCUT2D eigenvalue weighted by atomic mass is 35.5. The normalized spacial score (nSPS) is 11.9. The lowest BCUT2D eigenvalue weighted by atomic mass is 10.1. The molecule has 0 aliphatic heterocycles. The van der Waals surface area contributed by atoms with E-state index in [1.165, 1.54) is 0 Å². The van der Waals surface area contributed by atoms with Crippen molar-refractivity contribution in [3.63, 3.8) is 0 Å². The summed E-state index contributed by atoms with van der Waals surface area (Å²) in [4.78, 5) is 0. The molecular formula is C12H19ClN2. The molecule has 0 spiro atoms. The molecule has 0 bridgehead atoms. The van der Waals surface area contributed by atoms with Gasteiger partial charge in [0.2, 0.25) is 0 Å². The van der Waals surface area contributed by atoms with E-state index in [2.05, 4.69) is 43.4 Å². The van der Waals surface area contributed by atoms with Gasteiger partial charge in [-0.05, 0) is 33.3 Å². The molecule has 1 rings (SSSR count). The smallest absolute Gasteiger partial charge is 0.0644 e. The zero-order valence-electron chi connectivity index (χ0n) is 9.74. The van der Waals surface area contributed by atoms with E-state index in [9.17, 15) is 0 Å². The summed E-state index contributed by atoms with van der Waals surface area (Å²) < 4.78 is 0. The highest BCUT2D eigenvalue weighted by Gasteiger charge is 2.06. The third kappa shape index (κ3) is 5.43. The molecule has 84 valence electrons. The Morgan fingerprint density at radius 3 is 2.13 bits per heavy atom. The molecule has 0 amide bonds. The standard InChI is InChI=1S/C12H18N2.ClH/c1-10(13-14-12(2,3)4)11-8-6-5-7-9-11;/h5-9,14H,1-4H3;1H/b13-10+;. The van der Waals surface area contributed by atoms with Gasteiger partial charge in [0.1, 0.15) is 0 Å². The molecule has 0 aliphatic carbocycles. The van der Waals surface area contributed by atoms with Crippen molar-refractivity contribution < 1.29 is 0 Å². The van der Waals surface area contributed by atoms with Crippen LogP contribution in [0.3, 0.4) is 0 Å². The van der Waals surface area contributed by atoms with Gasteiger partial charge in [-0.3, -0.25) is 0 Å². The number of hydrogen-bond acceptors (Lipinski definition) is 2. The maximum atomic E-state index is 4.33. The Morgan fingerprint density at radius 2 is 1.67 bits per heavy atom. The maximum Gasteiger partial charge on any atom is 0.0644 e. The first-order valence-electron chi connectivity index (χ1n) is 4.86. The molecule has 0 radical (unpaired) electrons. The lowest BCUT2D eigenvalue weighted by Crippen LogP contribution is -2.32. The predicted molar refractivity (Wildman–Crippen MR) is 68.8 cm³/mol. The fraction of sp³-hybridized carbons (Fsp3) is 0.417. The Balaban J connectivity index is 0.00000196. The van der Waals surface area contributed by atoms with Crippen LogP contribution in [0.25, 0.3) is 0 Å². The van der Waals surface area contributed by atoms with Crippen molar-refractivity contribution in [3.8, 4) is 0 Å². The minimum Gasteiger partial charge on any atom is -0.305 e. The molecule has 1 aromatic rings. The second-order valence-electron chi connectivity index (χ2n) is 4.43. The van der Waals surface area contributed by atoms with Gasteiger partial charge in [0, 0.05) is 5.54 Å². The van der Waals surface area contributed by atoms with Gasteiger partial charge >= 0.3 is 0 Å². The van der Waals surface area contributed by atoms with E-state index in [1.807, 2.05) is 25.1 Å². The van der Waals surface area contributed by atoms with Crippen molar-refractivity contribution in [2.24, 2.45) is 5.10 Å². The second kappa shape index (κ2) is 5.76. The summed E-state index contributed by atoms with van der Waals surface area (Å²) in [5, 5.41) is 4.33. The molecule has 3 heteroatoms. The zero-order chi connectivity index (χ0) is 10.6. The van der Waals surface area contributed by atoms with Crippen molar-refractivity contribution in [2.75, 3.05) is 0 Å². The van der Waals surface area contributed by atoms with E-state index in [1.54, 1.807) is 0 Å². The summed E-state index contributed by atoms with van der Waals surface area (Å²) in [6.07, 6.45) is 0. The van der Waals surface area contributed by atoms with Crippen LogP contribution in [0.5, 0.6) is 0 Å². The number of rotatable bonds is 2. The third-order valence-electron chi connectivity index (χ3n) is 1.75. The molecule has 0 heterocycles. The van der Waals surface area contributed by atoms with Crippen LogP contribution in [-0.2, 0) is 0 Å². The average Bonchev–Trinajstić information content (AvgIpc) is 2.14. The Labute approximate surface area is 98.2 Å². The largest absolute Gasteiger partial charge is 0.305 e. The van der Waals surface area contributed by atoms with Crippen LogP contribution in [0.2, 0.25) is 0 Å². The van der Waals surface area contributed by atoms with Crippen molar-refractivity contribution in [1.82, 2.24) is 5.43 Å². The average molecular weight is 227 g/mol. The quantitative estimate of drug-likeness (QED) is 0.608. The van der Waals surface area contributed by atoms with Gasteiger partial charge < -0.3 is 5.43 Å². The molecule has 0 saturated heterocycles. The van der Waals surface area contributed by atoms with Gasteiger partial charge in [0.05, 0.1) is 5.71 Å².